The van der Waals surface area contributed by atoms with Crippen molar-refractivity contribution in [1.29, 1.82) is 0 Å². The number of amides is 1. The van der Waals surface area contributed by atoms with Gasteiger partial charge in [-0.2, -0.15) is 0 Å². The van der Waals surface area contributed by atoms with Gasteiger partial charge in [0.15, 0.2) is 12.7 Å². The average Bonchev–Trinajstić information content (AvgIpc) is 2.57. The van der Waals surface area contributed by atoms with E-state index in [1.165, 1.54) is 6.92 Å². The molecule has 0 bridgehead atoms. The van der Waals surface area contributed by atoms with Gasteiger partial charge in [-0.3, -0.25) is 4.79 Å². The second-order valence-electron chi connectivity index (χ2n) is 6.45. The van der Waals surface area contributed by atoms with Crippen molar-refractivity contribution in [3.8, 4) is 5.75 Å². The average molecular weight is 355 g/mol. The van der Waals surface area contributed by atoms with Gasteiger partial charge in [-0.15, -0.1) is 0 Å². The lowest BCUT2D eigenvalue weighted by atomic mass is 10.1. The summed E-state index contributed by atoms with van der Waals surface area (Å²) in [7, 11) is 0. The summed E-state index contributed by atoms with van der Waals surface area (Å²) in [6.45, 7) is 8.97. The predicted molar refractivity (Wildman–Crippen MR) is 102 cm³/mol. The molecule has 0 saturated heterocycles. The summed E-state index contributed by atoms with van der Waals surface area (Å²) >= 11 is 0. The van der Waals surface area contributed by atoms with Crippen LogP contribution in [-0.4, -0.2) is 24.6 Å². The molecule has 1 amide bonds. The molecule has 0 spiro atoms. The van der Waals surface area contributed by atoms with Gasteiger partial charge in [0, 0.05) is 5.69 Å². The summed E-state index contributed by atoms with van der Waals surface area (Å²) in [6, 6.07) is 11.5. The minimum Gasteiger partial charge on any atom is -0.481 e. The maximum atomic E-state index is 12.3. The SMILES string of the molecule is Cc1ccc(C)c(NC(=O)[C@H](C)OC(=O)COc2c(C)cccc2C)c1. The molecule has 0 aromatic heterocycles. The second kappa shape index (κ2) is 8.52. The maximum Gasteiger partial charge on any atom is 0.344 e. The Morgan fingerprint density at radius 1 is 1.00 bits per heavy atom. The molecule has 0 saturated carbocycles. The highest BCUT2D eigenvalue weighted by Crippen LogP contribution is 2.22. The summed E-state index contributed by atoms with van der Waals surface area (Å²) in [6.07, 6.45) is -0.913. The number of nitrogens with one attached hydrogen (secondary N) is 1. The van der Waals surface area contributed by atoms with Crippen molar-refractivity contribution in [3.05, 3.63) is 58.7 Å². The number of rotatable bonds is 6. The Balaban J connectivity index is 1.90. The summed E-state index contributed by atoms with van der Waals surface area (Å²) in [5, 5.41) is 2.79. The molecule has 0 heterocycles. The number of carbonyl (C=O) groups excluding carboxylic acids is 2. The number of hydrogen-bond acceptors (Lipinski definition) is 4. The number of para-hydroxylation sites is 1. The number of benzene rings is 2. The number of esters is 1. The van der Waals surface area contributed by atoms with Gasteiger partial charge in [0.25, 0.3) is 5.91 Å². The quantitative estimate of drug-likeness (QED) is 0.799. The first-order valence-corrected chi connectivity index (χ1v) is 8.54. The van der Waals surface area contributed by atoms with E-state index in [2.05, 4.69) is 5.32 Å². The molecule has 0 radical (unpaired) electrons. The molecule has 2 rings (SSSR count). The topological polar surface area (TPSA) is 64.6 Å². The van der Waals surface area contributed by atoms with Crippen LogP contribution < -0.4 is 10.1 Å². The molecule has 2 aromatic rings. The zero-order valence-corrected chi connectivity index (χ0v) is 15.9. The molecule has 0 unspecified atom stereocenters. The zero-order chi connectivity index (χ0) is 19.3. The molecule has 2 aromatic carbocycles. The molecule has 138 valence electrons. The van der Waals surface area contributed by atoms with Crippen LogP contribution in [-0.2, 0) is 14.3 Å². The van der Waals surface area contributed by atoms with Gasteiger partial charge >= 0.3 is 5.97 Å². The molecule has 26 heavy (non-hydrogen) atoms. The fraction of sp³-hybridized carbons (Fsp3) is 0.333. The van der Waals surface area contributed by atoms with Crippen LogP contribution in [0.5, 0.6) is 5.75 Å². The van der Waals surface area contributed by atoms with Gasteiger partial charge in [-0.25, -0.2) is 4.79 Å². The van der Waals surface area contributed by atoms with Gasteiger partial charge in [0.2, 0.25) is 0 Å². The van der Waals surface area contributed by atoms with Crippen LogP contribution >= 0.6 is 0 Å². The van der Waals surface area contributed by atoms with Gasteiger partial charge in [-0.1, -0.05) is 30.3 Å². The summed E-state index contributed by atoms with van der Waals surface area (Å²) in [4.78, 5) is 24.3. The lowest BCUT2D eigenvalue weighted by Gasteiger charge is -2.16. The van der Waals surface area contributed by atoms with E-state index in [1.807, 2.05) is 64.1 Å². The third-order valence-electron chi connectivity index (χ3n) is 4.07. The molecule has 0 aliphatic rings. The van der Waals surface area contributed by atoms with Crippen LogP contribution in [0.4, 0.5) is 5.69 Å². The Hall–Kier alpha value is -2.82. The lowest BCUT2D eigenvalue weighted by molar-refractivity contribution is -0.155. The monoisotopic (exact) mass is 355 g/mol. The van der Waals surface area contributed by atoms with Crippen molar-refractivity contribution in [3.63, 3.8) is 0 Å². The standard InChI is InChI=1S/C21H25NO4/c1-13-9-10-14(2)18(11-13)22-21(24)17(5)26-19(23)12-25-20-15(3)7-6-8-16(20)4/h6-11,17H,12H2,1-5H3,(H,22,24)/t17-/m0/s1. The molecule has 1 N–H and O–H groups in total. The predicted octanol–water partition coefficient (Wildman–Crippen LogP) is 3.87. The Kier molecular flexibility index (Phi) is 6.39. The van der Waals surface area contributed by atoms with Gasteiger partial charge in [0.1, 0.15) is 5.75 Å². The van der Waals surface area contributed by atoms with Gasteiger partial charge in [0.05, 0.1) is 0 Å². The van der Waals surface area contributed by atoms with Crippen LogP contribution in [0.15, 0.2) is 36.4 Å². The number of hydrogen-bond donors (Lipinski definition) is 1. The summed E-state index contributed by atoms with van der Waals surface area (Å²) < 4.78 is 10.7. The van der Waals surface area contributed by atoms with Crippen molar-refractivity contribution < 1.29 is 19.1 Å². The van der Waals surface area contributed by atoms with Crippen molar-refractivity contribution in [2.75, 3.05) is 11.9 Å². The first kappa shape index (κ1) is 19.5. The van der Waals surface area contributed by atoms with Crippen LogP contribution in [0.3, 0.4) is 0 Å². The molecule has 1 atom stereocenters. The van der Waals surface area contributed by atoms with E-state index in [1.54, 1.807) is 0 Å². The highest BCUT2D eigenvalue weighted by atomic mass is 16.6. The van der Waals surface area contributed by atoms with E-state index in [0.717, 1.165) is 22.3 Å². The smallest absolute Gasteiger partial charge is 0.344 e. The van der Waals surface area contributed by atoms with Crippen LogP contribution in [0.1, 0.15) is 29.2 Å². The largest absolute Gasteiger partial charge is 0.481 e. The Bertz CT molecular complexity index is 793. The molecule has 0 aliphatic heterocycles. The first-order chi connectivity index (χ1) is 12.3. The Morgan fingerprint density at radius 2 is 1.65 bits per heavy atom. The van der Waals surface area contributed by atoms with E-state index < -0.39 is 12.1 Å². The first-order valence-electron chi connectivity index (χ1n) is 8.54. The molecular weight excluding hydrogens is 330 g/mol. The molecular formula is C21H25NO4. The molecule has 5 heteroatoms. The van der Waals surface area contributed by atoms with Crippen LogP contribution in [0.2, 0.25) is 0 Å². The van der Waals surface area contributed by atoms with Gasteiger partial charge in [-0.05, 0) is 62.9 Å². The number of anilines is 1. The molecule has 5 nitrogen and oxygen atoms in total. The number of ether oxygens (including phenoxy) is 2. The minimum absolute atomic E-state index is 0.243. The van der Waals surface area contributed by atoms with E-state index in [0.29, 0.717) is 11.4 Å². The van der Waals surface area contributed by atoms with Gasteiger partial charge < -0.3 is 14.8 Å². The number of carbonyl (C=O) groups is 2. The lowest BCUT2D eigenvalue weighted by Crippen LogP contribution is -2.32. The zero-order valence-electron chi connectivity index (χ0n) is 15.9. The summed E-state index contributed by atoms with van der Waals surface area (Å²) in [5.74, 6) is -0.299. The Labute approximate surface area is 154 Å². The highest BCUT2D eigenvalue weighted by molar-refractivity contribution is 5.95. The fourth-order valence-corrected chi connectivity index (χ4v) is 2.55. The molecule has 0 fully saturated rings. The summed E-state index contributed by atoms with van der Waals surface area (Å²) in [5.41, 5.74) is 4.58. The minimum atomic E-state index is -0.913. The fourth-order valence-electron chi connectivity index (χ4n) is 2.55. The second-order valence-corrected chi connectivity index (χ2v) is 6.45. The van der Waals surface area contributed by atoms with Crippen LogP contribution in [0, 0.1) is 27.7 Å². The maximum absolute atomic E-state index is 12.3. The normalized spacial score (nSPS) is 11.6. The third kappa shape index (κ3) is 5.09. The van der Waals surface area contributed by atoms with Crippen molar-refractivity contribution in [1.82, 2.24) is 0 Å². The van der Waals surface area contributed by atoms with Crippen molar-refractivity contribution in [2.45, 2.75) is 40.7 Å². The van der Waals surface area contributed by atoms with E-state index in [-0.39, 0.29) is 12.5 Å². The van der Waals surface area contributed by atoms with E-state index in [4.69, 9.17) is 9.47 Å². The third-order valence-corrected chi connectivity index (χ3v) is 4.07. The van der Waals surface area contributed by atoms with Crippen LogP contribution in [0.25, 0.3) is 0 Å². The van der Waals surface area contributed by atoms with E-state index >= 15 is 0 Å². The van der Waals surface area contributed by atoms with E-state index in [9.17, 15) is 9.59 Å². The van der Waals surface area contributed by atoms with Crippen molar-refractivity contribution in [2.24, 2.45) is 0 Å². The molecule has 0 aliphatic carbocycles. The Morgan fingerprint density at radius 3 is 2.31 bits per heavy atom. The van der Waals surface area contributed by atoms with Crippen molar-refractivity contribution >= 4 is 17.6 Å². The number of aryl methyl sites for hydroxylation is 4. The highest BCUT2D eigenvalue weighted by Gasteiger charge is 2.19.